The van der Waals surface area contributed by atoms with Crippen LogP contribution in [0.2, 0.25) is 4.34 Å². The van der Waals surface area contributed by atoms with Crippen molar-refractivity contribution in [1.29, 1.82) is 0 Å². The molecule has 1 atom stereocenters. The number of hydrogen-bond acceptors (Lipinski definition) is 3. The van der Waals surface area contributed by atoms with E-state index in [1.54, 1.807) is 11.3 Å². The zero-order chi connectivity index (χ0) is 14.5. The molecule has 2 heterocycles. The number of rotatable bonds is 4. The lowest BCUT2D eigenvalue weighted by Crippen LogP contribution is -2.32. The van der Waals surface area contributed by atoms with Crippen molar-refractivity contribution in [3.8, 4) is 0 Å². The molecule has 1 aliphatic rings. The van der Waals surface area contributed by atoms with E-state index in [1.807, 2.05) is 6.07 Å². The molecule has 4 heteroatoms. The summed E-state index contributed by atoms with van der Waals surface area (Å²) in [5.41, 5.74) is 1.39. The second kappa shape index (κ2) is 7.41. The molecular weight excluding hydrogens is 300 g/mol. The predicted molar refractivity (Wildman–Crippen MR) is 91.3 cm³/mol. The fourth-order valence-electron chi connectivity index (χ4n) is 2.86. The molecule has 0 bridgehead atoms. The van der Waals surface area contributed by atoms with Crippen molar-refractivity contribution in [2.75, 3.05) is 26.2 Å². The molecule has 1 aromatic heterocycles. The standard InChI is InChI=1S/C17H21ClN2S/c18-17-8-7-15(21-17)9-12-20-11-4-10-19-16(13-20)14-5-2-1-3-6-14/h1-3,5-8,16,19H,4,9-13H2. The number of halogens is 1. The van der Waals surface area contributed by atoms with Gasteiger partial charge in [0.2, 0.25) is 0 Å². The van der Waals surface area contributed by atoms with Crippen LogP contribution in [-0.4, -0.2) is 31.1 Å². The van der Waals surface area contributed by atoms with Crippen LogP contribution in [0, 0.1) is 0 Å². The van der Waals surface area contributed by atoms with Crippen LogP contribution in [-0.2, 0) is 6.42 Å². The van der Waals surface area contributed by atoms with Crippen molar-refractivity contribution in [1.82, 2.24) is 10.2 Å². The van der Waals surface area contributed by atoms with E-state index >= 15 is 0 Å². The Labute approximate surface area is 135 Å². The highest BCUT2D eigenvalue weighted by molar-refractivity contribution is 7.16. The van der Waals surface area contributed by atoms with Crippen molar-refractivity contribution in [3.63, 3.8) is 0 Å². The molecule has 1 N–H and O–H groups in total. The molecule has 0 aliphatic carbocycles. The Kier molecular flexibility index (Phi) is 5.31. The minimum Gasteiger partial charge on any atom is -0.309 e. The maximum absolute atomic E-state index is 6.01. The van der Waals surface area contributed by atoms with E-state index in [4.69, 9.17) is 11.6 Å². The summed E-state index contributed by atoms with van der Waals surface area (Å²) in [5, 5.41) is 3.67. The average molecular weight is 321 g/mol. The van der Waals surface area contributed by atoms with E-state index in [2.05, 4.69) is 46.6 Å². The summed E-state index contributed by atoms with van der Waals surface area (Å²) in [6.07, 6.45) is 2.31. The van der Waals surface area contributed by atoms with Gasteiger partial charge in [0.05, 0.1) is 4.34 Å². The third kappa shape index (κ3) is 4.30. The lowest BCUT2D eigenvalue weighted by atomic mass is 10.1. The highest BCUT2D eigenvalue weighted by Gasteiger charge is 2.18. The third-order valence-corrected chi connectivity index (χ3v) is 5.28. The Morgan fingerprint density at radius 1 is 1.19 bits per heavy atom. The lowest BCUT2D eigenvalue weighted by Gasteiger charge is -2.24. The van der Waals surface area contributed by atoms with Crippen LogP contribution < -0.4 is 5.32 Å². The van der Waals surface area contributed by atoms with Gasteiger partial charge in [0.25, 0.3) is 0 Å². The van der Waals surface area contributed by atoms with Crippen LogP contribution in [0.4, 0.5) is 0 Å². The molecule has 3 rings (SSSR count). The largest absolute Gasteiger partial charge is 0.309 e. The van der Waals surface area contributed by atoms with Crippen LogP contribution in [0.3, 0.4) is 0 Å². The summed E-state index contributed by atoms with van der Waals surface area (Å²) >= 11 is 7.71. The molecule has 1 saturated heterocycles. The van der Waals surface area contributed by atoms with Gasteiger partial charge in [-0.2, -0.15) is 0 Å². The Bertz CT molecular complexity index is 555. The smallest absolute Gasteiger partial charge is 0.0931 e. The molecule has 0 radical (unpaired) electrons. The molecule has 0 spiro atoms. The van der Waals surface area contributed by atoms with E-state index in [0.717, 1.165) is 30.4 Å². The van der Waals surface area contributed by atoms with Crippen molar-refractivity contribution in [2.24, 2.45) is 0 Å². The molecule has 1 fully saturated rings. The van der Waals surface area contributed by atoms with Gasteiger partial charge >= 0.3 is 0 Å². The fraction of sp³-hybridized carbons (Fsp3) is 0.412. The first kappa shape index (κ1) is 15.0. The van der Waals surface area contributed by atoms with Crippen LogP contribution in [0.5, 0.6) is 0 Å². The topological polar surface area (TPSA) is 15.3 Å². The van der Waals surface area contributed by atoms with E-state index in [1.165, 1.54) is 23.4 Å². The molecule has 1 aromatic carbocycles. The zero-order valence-corrected chi connectivity index (χ0v) is 13.7. The van der Waals surface area contributed by atoms with Crippen LogP contribution >= 0.6 is 22.9 Å². The van der Waals surface area contributed by atoms with Gasteiger partial charge in [-0.3, -0.25) is 0 Å². The second-order valence-electron chi connectivity index (χ2n) is 5.53. The van der Waals surface area contributed by atoms with Crippen molar-refractivity contribution < 1.29 is 0 Å². The molecule has 1 unspecified atom stereocenters. The summed E-state index contributed by atoms with van der Waals surface area (Å²) in [5.74, 6) is 0. The first-order chi connectivity index (χ1) is 10.3. The summed E-state index contributed by atoms with van der Waals surface area (Å²) < 4.78 is 0.893. The number of nitrogens with zero attached hydrogens (tertiary/aromatic N) is 1. The molecule has 1 aliphatic heterocycles. The SMILES string of the molecule is Clc1ccc(CCN2CCCNC(c3ccccc3)C2)s1. The maximum Gasteiger partial charge on any atom is 0.0931 e. The fourth-order valence-corrected chi connectivity index (χ4v) is 3.94. The number of thiophene rings is 1. The molecule has 0 amide bonds. The van der Waals surface area contributed by atoms with Gasteiger partial charge in [0.1, 0.15) is 0 Å². The first-order valence-electron chi connectivity index (χ1n) is 7.56. The van der Waals surface area contributed by atoms with E-state index < -0.39 is 0 Å². The van der Waals surface area contributed by atoms with Gasteiger partial charge < -0.3 is 10.2 Å². The quantitative estimate of drug-likeness (QED) is 0.916. The Balaban J connectivity index is 1.60. The van der Waals surface area contributed by atoms with Gasteiger partial charge in [-0.05, 0) is 43.6 Å². The van der Waals surface area contributed by atoms with Crippen LogP contribution in [0.1, 0.15) is 22.9 Å². The predicted octanol–water partition coefficient (Wildman–Crippen LogP) is 3.98. The summed E-state index contributed by atoms with van der Waals surface area (Å²) in [4.78, 5) is 3.96. The zero-order valence-electron chi connectivity index (χ0n) is 12.1. The minimum atomic E-state index is 0.445. The first-order valence-corrected chi connectivity index (χ1v) is 8.75. The number of hydrogen-bond donors (Lipinski definition) is 1. The normalized spacial score (nSPS) is 20.3. The van der Waals surface area contributed by atoms with Gasteiger partial charge in [0, 0.05) is 24.0 Å². The molecule has 112 valence electrons. The highest BCUT2D eigenvalue weighted by Crippen LogP contribution is 2.23. The lowest BCUT2D eigenvalue weighted by molar-refractivity contribution is 0.272. The second-order valence-corrected chi connectivity index (χ2v) is 7.33. The van der Waals surface area contributed by atoms with E-state index in [9.17, 15) is 0 Å². The molecule has 2 aromatic rings. The monoisotopic (exact) mass is 320 g/mol. The van der Waals surface area contributed by atoms with Crippen molar-refractivity contribution in [2.45, 2.75) is 18.9 Å². The molecule has 2 nitrogen and oxygen atoms in total. The number of benzene rings is 1. The Morgan fingerprint density at radius 3 is 2.81 bits per heavy atom. The van der Waals surface area contributed by atoms with E-state index in [-0.39, 0.29) is 0 Å². The van der Waals surface area contributed by atoms with Crippen molar-refractivity contribution in [3.05, 3.63) is 57.2 Å². The van der Waals surface area contributed by atoms with Gasteiger partial charge in [-0.15, -0.1) is 11.3 Å². The third-order valence-electron chi connectivity index (χ3n) is 3.99. The summed E-state index contributed by atoms with van der Waals surface area (Å²) in [6, 6.07) is 15.4. The minimum absolute atomic E-state index is 0.445. The van der Waals surface area contributed by atoms with Gasteiger partial charge in [-0.1, -0.05) is 41.9 Å². The highest BCUT2D eigenvalue weighted by atomic mass is 35.5. The maximum atomic E-state index is 6.01. The Hall–Kier alpha value is -0.870. The molecule has 21 heavy (non-hydrogen) atoms. The summed E-state index contributed by atoms with van der Waals surface area (Å²) in [7, 11) is 0. The van der Waals surface area contributed by atoms with Gasteiger partial charge in [-0.25, -0.2) is 0 Å². The van der Waals surface area contributed by atoms with Gasteiger partial charge in [0.15, 0.2) is 0 Å². The van der Waals surface area contributed by atoms with Crippen molar-refractivity contribution >= 4 is 22.9 Å². The van der Waals surface area contributed by atoms with E-state index in [0.29, 0.717) is 6.04 Å². The van der Waals surface area contributed by atoms with Crippen LogP contribution in [0.15, 0.2) is 42.5 Å². The number of nitrogens with one attached hydrogen (secondary N) is 1. The van der Waals surface area contributed by atoms with Crippen LogP contribution in [0.25, 0.3) is 0 Å². The Morgan fingerprint density at radius 2 is 2.05 bits per heavy atom. The summed E-state index contributed by atoms with van der Waals surface area (Å²) in [6.45, 7) is 4.47. The average Bonchev–Trinajstić information content (AvgIpc) is 2.79. The molecule has 0 saturated carbocycles. The molecular formula is C17H21ClN2S.